The van der Waals surface area contributed by atoms with Crippen molar-refractivity contribution in [3.05, 3.63) is 0 Å². The maximum Gasteiger partial charge on any atom is 0.223 e. The predicted octanol–water partition coefficient (Wildman–Crippen LogP) is 1.51. The Morgan fingerprint density at radius 3 is 2.82 bits per heavy atom. The Balaban J connectivity index is 1.08. The molecule has 2 aliphatic carbocycles. The van der Waals surface area contributed by atoms with Gasteiger partial charge < -0.3 is 20.7 Å². The molecule has 3 aliphatic heterocycles. The lowest BCUT2D eigenvalue weighted by atomic mass is 9.78. The summed E-state index contributed by atoms with van der Waals surface area (Å²) in [6.07, 6.45) is 12.0. The zero-order valence-electron chi connectivity index (χ0n) is 20.7. The number of amides is 1. The molecule has 0 aromatic heterocycles. The molecule has 8 unspecified atom stereocenters. The van der Waals surface area contributed by atoms with Gasteiger partial charge in [0.2, 0.25) is 5.91 Å². The van der Waals surface area contributed by atoms with Crippen molar-refractivity contribution in [2.75, 3.05) is 33.3 Å². The quantitative estimate of drug-likeness (QED) is 0.356. The second kappa shape index (κ2) is 11.7. The van der Waals surface area contributed by atoms with Crippen LogP contribution in [0.25, 0.3) is 0 Å². The number of ether oxygens (including phenoxy) is 1. The topological polar surface area (TPSA) is 89.7 Å². The van der Waals surface area contributed by atoms with E-state index in [-0.39, 0.29) is 29.5 Å². The highest BCUT2D eigenvalue weighted by molar-refractivity contribution is 6.21. The van der Waals surface area contributed by atoms with Crippen LogP contribution in [0.5, 0.6) is 0 Å². The molecule has 9 heteroatoms. The smallest absolute Gasteiger partial charge is 0.223 e. The van der Waals surface area contributed by atoms with Gasteiger partial charge in [-0.05, 0) is 58.5 Å². The van der Waals surface area contributed by atoms with E-state index in [1.165, 1.54) is 19.3 Å². The van der Waals surface area contributed by atoms with E-state index in [9.17, 15) is 4.79 Å². The lowest BCUT2D eigenvalue weighted by Crippen LogP contribution is -2.53. The van der Waals surface area contributed by atoms with Crippen LogP contribution in [0.2, 0.25) is 0 Å². The Kier molecular flexibility index (Phi) is 8.68. The molecule has 0 spiro atoms. The van der Waals surface area contributed by atoms with E-state index in [4.69, 9.17) is 16.3 Å². The van der Waals surface area contributed by atoms with Crippen molar-refractivity contribution in [1.29, 1.82) is 0 Å². The van der Waals surface area contributed by atoms with Crippen molar-refractivity contribution >= 4 is 17.5 Å². The van der Waals surface area contributed by atoms with Gasteiger partial charge in [-0.25, -0.2) is 10.9 Å². The molecule has 0 aromatic rings. The normalized spacial score (nSPS) is 43.9. The van der Waals surface area contributed by atoms with Crippen LogP contribution in [0.1, 0.15) is 64.2 Å². The summed E-state index contributed by atoms with van der Waals surface area (Å²) in [6.45, 7) is 3.56. The Bertz CT molecular complexity index is 684. The van der Waals surface area contributed by atoms with Gasteiger partial charge in [0.15, 0.2) is 0 Å². The molecule has 0 bridgehead atoms. The zero-order valence-corrected chi connectivity index (χ0v) is 21.5. The molecule has 0 aromatic carbocycles. The van der Waals surface area contributed by atoms with E-state index in [1.807, 2.05) is 0 Å². The molecule has 0 radical (unpaired) electrons. The number of alkyl halides is 1. The maximum atomic E-state index is 13.2. The summed E-state index contributed by atoms with van der Waals surface area (Å²) in [7, 11) is 2.18. The highest BCUT2D eigenvalue weighted by Crippen LogP contribution is 2.34. The number of hydrogen-bond donors (Lipinski definition) is 5. The van der Waals surface area contributed by atoms with E-state index in [0.29, 0.717) is 30.0 Å². The molecule has 194 valence electrons. The van der Waals surface area contributed by atoms with Crippen molar-refractivity contribution in [3.63, 3.8) is 0 Å². The summed E-state index contributed by atoms with van der Waals surface area (Å²) in [6, 6.07) is 0.704. The van der Waals surface area contributed by atoms with Crippen LogP contribution in [0, 0.1) is 17.8 Å². The van der Waals surface area contributed by atoms with E-state index in [1.54, 1.807) is 0 Å². The van der Waals surface area contributed by atoms with Gasteiger partial charge >= 0.3 is 0 Å². The number of carbonyl (C=O) groups is 1. The average Bonchev–Trinajstić information content (AvgIpc) is 3.23. The molecular weight excluding hydrogens is 452 g/mol. The maximum absolute atomic E-state index is 13.2. The second-order valence-electron chi connectivity index (χ2n) is 11.3. The van der Waals surface area contributed by atoms with Gasteiger partial charge in [-0.3, -0.25) is 9.69 Å². The summed E-state index contributed by atoms with van der Waals surface area (Å²) in [5, 5.41) is 10.8. The minimum atomic E-state index is 0.128. The number of rotatable bonds is 6. The number of fused-ring (bicyclic) bond motifs is 1. The third kappa shape index (κ3) is 5.74. The fourth-order valence-corrected chi connectivity index (χ4v) is 7.48. The summed E-state index contributed by atoms with van der Waals surface area (Å²) >= 11 is 6.61. The highest BCUT2D eigenvalue weighted by Gasteiger charge is 2.40. The monoisotopic (exact) mass is 496 g/mol. The van der Waals surface area contributed by atoms with Gasteiger partial charge in [0, 0.05) is 49.5 Å². The van der Waals surface area contributed by atoms with Crippen molar-refractivity contribution in [3.8, 4) is 0 Å². The fraction of sp³-hybridized carbons (Fsp3) is 0.960. The van der Waals surface area contributed by atoms with E-state index < -0.39 is 0 Å². The van der Waals surface area contributed by atoms with Gasteiger partial charge in [0.05, 0.1) is 23.8 Å². The minimum absolute atomic E-state index is 0.128. The molecule has 3 heterocycles. The molecule has 5 N–H and O–H groups in total. The van der Waals surface area contributed by atoms with Crippen molar-refractivity contribution in [1.82, 2.24) is 31.7 Å². The van der Waals surface area contributed by atoms with Crippen LogP contribution in [0.15, 0.2) is 0 Å². The number of nitrogens with one attached hydrogen (secondary N) is 5. The molecule has 5 fully saturated rings. The third-order valence-electron chi connectivity index (χ3n) is 9.20. The number of likely N-dealkylation sites (N-methyl/N-ethyl adjacent to an activating group) is 1. The molecule has 2 saturated carbocycles. The fourth-order valence-electron chi connectivity index (χ4n) is 7.10. The largest absolute Gasteiger partial charge is 0.378 e. The Hall–Kier alpha value is -0.480. The molecule has 34 heavy (non-hydrogen) atoms. The van der Waals surface area contributed by atoms with Crippen LogP contribution >= 0.6 is 11.6 Å². The number of piperidine rings is 1. The van der Waals surface area contributed by atoms with Crippen LogP contribution in [0.4, 0.5) is 0 Å². The Morgan fingerprint density at radius 1 is 1.06 bits per heavy atom. The first kappa shape index (κ1) is 25.2. The summed E-state index contributed by atoms with van der Waals surface area (Å²) in [5.74, 6) is 1.35. The molecule has 5 aliphatic rings. The van der Waals surface area contributed by atoms with E-state index in [0.717, 1.165) is 71.2 Å². The van der Waals surface area contributed by atoms with Crippen molar-refractivity contribution in [2.45, 2.75) is 100 Å². The molecule has 9 atom stereocenters. The van der Waals surface area contributed by atoms with Crippen LogP contribution in [0.3, 0.4) is 0 Å². The Labute approximate surface area is 210 Å². The first-order valence-electron chi connectivity index (χ1n) is 13.8. The minimum Gasteiger partial charge on any atom is -0.378 e. The van der Waals surface area contributed by atoms with E-state index in [2.05, 4.69) is 38.7 Å². The molecule has 3 saturated heterocycles. The number of carbonyl (C=O) groups excluding carboxylic acids is 1. The SMILES string of the molecule is CN1C(CNC2CCCC(C(=O)N[C@H]3CCOC4CCCCC43)C2)NNC1C1CCNCC1Cl. The zero-order chi connectivity index (χ0) is 23.5. The molecule has 8 nitrogen and oxygen atoms in total. The summed E-state index contributed by atoms with van der Waals surface area (Å²) in [4.78, 5) is 15.6. The number of nitrogens with zero attached hydrogens (tertiary/aromatic N) is 1. The summed E-state index contributed by atoms with van der Waals surface area (Å²) in [5.41, 5.74) is 6.96. The van der Waals surface area contributed by atoms with Gasteiger partial charge in [0.1, 0.15) is 0 Å². The molecular formula is C25H45ClN6O2. The highest BCUT2D eigenvalue weighted by atomic mass is 35.5. The van der Waals surface area contributed by atoms with Gasteiger partial charge in [0.25, 0.3) is 0 Å². The van der Waals surface area contributed by atoms with Gasteiger partial charge in [-0.1, -0.05) is 19.3 Å². The Morgan fingerprint density at radius 2 is 1.94 bits per heavy atom. The van der Waals surface area contributed by atoms with E-state index >= 15 is 0 Å². The first-order valence-corrected chi connectivity index (χ1v) is 14.3. The third-order valence-corrected chi connectivity index (χ3v) is 9.67. The number of halogens is 1. The molecule has 1 amide bonds. The van der Waals surface area contributed by atoms with Crippen molar-refractivity contribution in [2.24, 2.45) is 17.8 Å². The van der Waals surface area contributed by atoms with Gasteiger partial charge in [-0.15, -0.1) is 11.6 Å². The van der Waals surface area contributed by atoms with Crippen LogP contribution in [-0.2, 0) is 9.53 Å². The number of hydrogen-bond acceptors (Lipinski definition) is 7. The molecule has 5 rings (SSSR count). The average molecular weight is 497 g/mol. The predicted molar refractivity (Wildman–Crippen MR) is 134 cm³/mol. The lowest BCUT2D eigenvalue weighted by molar-refractivity contribution is -0.130. The summed E-state index contributed by atoms with van der Waals surface area (Å²) < 4.78 is 6.01. The number of hydrazine groups is 1. The van der Waals surface area contributed by atoms with Crippen molar-refractivity contribution < 1.29 is 9.53 Å². The standard InChI is InChI=1S/C25H45ClN6O2/c1-32-23(30-31-24(32)18-9-11-27-14-20(18)26)15-28-17-6-4-5-16(13-17)25(33)29-21-10-12-34-22-8-3-2-7-19(21)22/h16-24,27-28,30-31H,2-15H2,1H3,(H,29,33)/t16?,17?,18?,19?,20?,21-,22?,23?,24?/m0/s1. The van der Waals surface area contributed by atoms with Crippen LogP contribution in [-0.4, -0.2) is 80.0 Å². The second-order valence-corrected chi connectivity index (χ2v) is 11.9. The van der Waals surface area contributed by atoms with Gasteiger partial charge in [-0.2, -0.15) is 0 Å². The van der Waals surface area contributed by atoms with Crippen LogP contribution < -0.4 is 26.8 Å². The first-order chi connectivity index (χ1) is 16.6. The lowest BCUT2D eigenvalue weighted by Gasteiger charge is -2.42.